The van der Waals surface area contributed by atoms with E-state index < -0.39 is 0 Å². The third kappa shape index (κ3) is 4.41. The number of hydrogen-bond donors (Lipinski definition) is 2. The number of hydrogen-bond acceptors (Lipinski definition) is 3. The molecule has 1 amide bonds. The summed E-state index contributed by atoms with van der Waals surface area (Å²) in [5.74, 6) is 0.531. The second-order valence-electron chi connectivity index (χ2n) is 3.56. The second kappa shape index (κ2) is 7.52. The first-order valence-corrected chi connectivity index (χ1v) is 7.00. The zero-order valence-electron chi connectivity index (χ0n) is 10.2. The first-order chi connectivity index (χ1) is 8.58. The largest absolute Gasteiger partial charge is 0.496 e. The van der Waals surface area contributed by atoms with Crippen LogP contribution < -0.4 is 15.4 Å². The Kier molecular flexibility index (Phi) is 6.34. The summed E-state index contributed by atoms with van der Waals surface area (Å²) in [6.07, 6.45) is 0.955. The number of thiocarbonyl (C=S) groups is 1. The molecule has 0 fully saturated rings. The fourth-order valence-corrected chi connectivity index (χ4v) is 2.20. The Bertz CT molecular complexity index is 452. The predicted octanol–water partition coefficient (Wildman–Crippen LogP) is 2.31. The minimum atomic E-state index is -0.218. The lowest BCUT2D eigenvalue weighted by Crippen LogP contribution is -2.39. The molecular weight excluding hydrogens is 363 g/mol. The number of halogens is 1. The molecule has 2 N–H and O–H groups in total. The summed E-state index contributed by atoms with van der Waals surface area (Å²) >= 11 is 7.13. The van der Waals surface area contributed by atoms with Crippen LogP contribution in [0.1, 0.15) is 23.7 Å². The van der Waals surface area contributed by atoms with Crippen LogP contribution in [0.25, 0.3) is 0 Å². The molecule has 0 aromatic heterocycles. The summed E-state index contributed by atoms with van der Waals surface area (Å²) in [6, 6.07) is 5.23. The number of carbonyl (C=O) groups excluding carboxylic acids is 1. The van der Waals surface area contributed by atoms with Gasteiger partial charge in [0.2, 0.25) is 0 Å². The number of methoxy groups -OCH3 is 1. The molecule has 1 aromatic rings. The maximum absolute atomic E-state index is 11.9. The van der Waals surface area contributed by atoms with Crippen molar-refractivity contribution in [3.8, 4) is 5.75 Å². The van der Waals surface area contributed by atoms with Gasteiger partial charge in [0.1, 0.15) is 5.75 Å². The van der Waals surface area contributed by atoms with E-state index in [2.05, 4.69) is 33.2 Å². The van der Waals surface area contributed by atoms with Crippen molar-refractivity contribution in [2.75, 3.05) is 13.7 Å². The molecule has 0 saturated heterocycles. The zero-order valence-corrected chi connectivity index (χ0v) is 13.2. The summed E-state index contributed by atoms with van der Waals surface area (Å²) in [7, 11) is 1.60. The van der Waals surface area contributed by atoms with Gasteiger partial charge < -0.3 is 10.1 Å². The van der Waals surface area contributed by atoms with Crippen LogP contribution in [-0.2, 0) is 0 Å². The lowest BCUT2D eigenvalue weighted by atomic mass is 10.2. The number of benzene rings is 1. The number of ether oxygens (including phenoxy) is 1. The molecule has 0 radical (unpaired) electrons. The molecule has 0 atom stereocenters. The molecule has 0 aliphatic carbocycles. The maximum atomic E-state index is 11.9. The Morgan fingerprint density at radius 1 is 1.50 bits per heavy atom. The first-order valence-electron chi connectivity index (χ1n) is 5.51. The minimum Gasteiger partial charge on any atom is -0.496 e. The van der Waals surface area contributed by atoms with Crippen molar-refractivity contribution in [1.29, 1.82) is 0 Å². The van der Waals surface area contributed by atoms with Gasteiger partial charge in [0.05, 0.1) is 10.7 Å². The fourth-order valence-electron chi connectivity index (χ4n) is 1.27. The highest BCUT2D eigenvalue weighted by Crippen LogP contribution is 2.21. The van der Waals surface area contributed by atoms with E-state index in [4.69, 9.17) is 17.0 Å². The molecule has 0 aliphatic heterocycles. The average molecular weight is 378 g/mol. The normalized spacial score (nSPS) is 9.72. The highest BCUT2D eigenvalue weighted by molar-refractivity contribution is 14.1. The van der Waals surface area contributed by atoms with Crippen LogP contribution in [0.2, 0.25) is 0 Å². The topological polar surface area (TPSA) is 50.4 Å². The van der Waals surface area contributed by atoms with E-state index >= 15 is 0 Å². The van der Waals surface area contributed by atoms with E-state index in [1.165, 1.54) is 0 Å². The van der Waals surface area contributed by atoms with Crippen molar-refractivity contribution in [3.63, 3.8) is 0 Å². The van der Waals surface area contributed by atoms with Gasteiger partial charge in [-0.3, -0.25) is 10.1 Å². The smallest absolute Gasteiger partial charge is 0.257 e. The van der Waals surface area contributed by atoms with Crippen molar-refractivity contribution in [1.82, 2.24) is 10.6 Å². The van der Waals surface area contributed by atoms with Gasteiger partial charge in [0.25, 0.3) is 5.91 Å². The van der Waals surface area contributed by atoms with Crippen molar-refractivity contribution in [2.24, 2.45) is 0 Å². The SMILES string of the molecule is CCCNC(=S)NC(=O)c1ccc(OC)c(I)c1. The lowest BCUT2D eigenvalue weighted by molar-refractivity contribution is 0.0976. The van der Waals surface area contributed by atoms with Crippen LogP contribution in [0.4, 0.5) is 0 Å². The zero-order chi connectivity index (χ0) is 13.5. The Labute approximate surface area is 126 Å². The Morgan fingerprint density at radius 3 is 2.78 bits per heavy atom. The highest BCUT2D eigenvalue weighted by atomic mass is 127. The van der Waals surface area contributed by atoms with Crippen LogP contribution in [0.15, 0.2) is 18.2 Å². The van der Waals surface area contributed by atoms with Crippen LogP contribution in [0.3, 0.4) is 0 Å². The van der Waals surface area contributed by atoms with Gasteiger partial charge in [-0.2, -0.15) is 0 Å². The highest BCUT2D eigenvalue weighted by Gasteiger charge is 2.09. The first kappa shape index (κ1) is 15.2. The second-order valence-corrected chi connectivity index (χ2v) is 5.13. The summed E-state index contributed by atoms with van der Waals surface area (Å²) in [5, 5.41) is 5.93. The van der Waals surface area contributed by atoms with E-state index in [0.717, 1.165) is 22.3 Å². The Balaban J connectivity index is 2.67. The monoisotopic (exact) mass is 378 g/mol. The van der Waals surface area contributed by atoms with Crippen molar-refractivity contribution in [3.05, 3.63) is 27.3 Å². The van der Waals surface area contributed by atoms with Gasteiger partial charge in [0.15, 0.2) is 5.11 Å². The molecule has 0 bridgehead atoms. The van der Waals surface area contributed by atoms with E-state index in [1.54, 1.807) is 25.3 Å². The van der Waals surface area contributed by atoms with Gasteiger partial charge in [-0.05, 0) is 59.4 Å². The fraction of sp³-hybridized carbons (Fsp3) is 0.333. The van der Waals surface area contributed by atoms with Crippen molar-refractivity contribution >= 4 is 45.8 Å². The average Bonchev–Trinajstić information content (AvgIpc) is 2.36. The number of nitrogens with one attached hydrogen (secondary N) is 2. The predicted molar refractivity (Wildman–Crippen MR) is 84.1 cm³/mol. The third-order valence-corrected chi connectivity index (χ3v) is 3.27. The van der Waals surface area contributed by atoms with E-state index in [1.807, 2.05) is 6.92 Å². The summed E-state index contributed by atoms with van der Waals surface area (Å²) in [4.78, 5) is 11.9. The van der Waals surface area contributed by atoms with Crippen LogP contribution >= 0.6 is 34.8 Å². The molecule has 1 aromatic carbocycles. The third-order valence-electron chi connectivity index (χ3n) is 2.18. The summed E-state index contributed by atoms with van der Waals surface area (Å²) < 4.78 is 6.02. The van der Waals surface area contributed by atoms with Gasteiger partial charge in [-0.15, -0.1) is 0 Å². The molecule has 98 valence electrons. The molecular formula is C12H15IN2O2S. The van der Waals surface area contributed by atoms with Crippen molar-refractivity contribution < 1.29 is 9.53 Å². The number of rotatable bonds is 4. The molecule has 6 heteroatoms. The van der Waals surface area contributed by atoms with Gasteiger partial charge in [0, 0.05) is 12.1 Å². The summed E-state index contributed by atoms with van der Waals surface area (Å²) in [5.41, 5.74) is 0.556. The molecule has 0 heterocycles. The van der Waals surface area contributed by atoms with Crippen LogP contribution in [0.5, 0.6) is 5.75 Å². The van der Waals surface area contributed by atoms with E-state index in [0.29, 0.717) is 10.7 Å². The molecule has 0 spiro atoms. The molecule has 1 rings (SSSR count). The number of amides is 1. The lowest BCUT2D eigenvalue weighted by Gasteiger charge is -2.09. The van der Waals surface area contributed by atoms with Crippen LogP contribution in [0, 0.1) is 3.57 Å². The molecule has 0 unspecified atom stereocenters. The maximum Gasteiger partial charge on any atom is 0.257 e. The Hall–Kier alpha value is -0.890. The van der Waals surface area contributed by atoms with Crippen molar-refractivity contribution in [2.45, 2.75) is 13.3 Å². The molecule has 0 saturated carbocycles. The summed E-state index contributed by atoms with van der Waals surface area (Å²) in [6.45, 7) is 2.78. The molecule has 0 aliphatic rings. The minimum absolute atomic E-state index is 0.218. The van der Waals surface area contributed by atoms with E-state index in [-0.39, 0.29) is 5.91 Å². The van der Waals surface area contributed by atoms with Gasteiger partial charge in [-0.1, -0.05) is 6.92 Å². The molecule has 18 heavy (non-hydrogen) atoms. The molecule has 4 nitrogen and oxygen atoms in total. The standard InChI is InChI=1S/C12H15IN2O2S/c1-3-6-14-12(18)15-11(16)8-4-5-10(17-2)9(13)7-8/h4-5,7H,3,6H2,1-2H3,(H2,14,15,16,18). The number of carbonyl (C=O) groups is 1. The quantitative estimate of drug-likeness (QED) is 0.624. The Morgan fingerprint density at radius 2 is 2.22 bits per heavy atom. The van der Waals surface area contributed by atoms with E-state index in [9.17, 15) is 4.79 Å². The van der Waals surface area contributed by atoms with Crippen LogP contribution in [-0.4, -0.2) is 24.7 Å². The van der Waals surface area contributed by atoms with Gasteiger partial charge in [-0.25, -0.2) is 0 Å². The van der Waals surface area contributed by atoms with Gasteiger partial charge >= 0.3 is 0 Å².